The van der Waals surface area contributed by atoms with E-state index >= 15 is 0 Å². The predicted octanol–water partition coefficient (Wildman–Crippen LogP) is 3.85. The first-order valence-corrected chi connectivity index (χ1v) is 8.34. The van der Waals surface area contributed by atoms with Gasteiger partial charge in [-0.05, 0) is 50.8 Å². The Hall–Kier alpha value is -1.72. The van der Waals surface area contributed by atoms with E-state index in [0.717, 1.165) is 29.0 Å². The van der Waals surface area contributed by atoms with Gasteiger partial charge in [-0.15, -0.1) is 11.3 Å². The van der Waals surface area contributed by atoms with Crippen molar-refractivity contribution in [3.05, 3.63) is 34.2 Å². The van der Waals surface area contributed by atoms with Crippen molar-refractivity contribution in [1.29, 1.82) is 0 Å². The van der Waals surface area contributed by atoms with E-state index in [-0.39, 0.29) is 12.0 Å². The number of carbonyl (C=O) groups is 1. The molecule has 0 spiro atoms. The maximum Gasteiger partial charge on any atom is 0.255 e. The molecule has 1 unspecified atom stereocenters. The van der Waals surface area contributed by atoms with Gasteiger partial charge < -0.3 is 4.74 Å². The van der Waals surface area contributed by atoms with Crippen molar-refractivity contribution in [3.63, 3.8) is 0 Å². The van der Waals surface area contributed by atoms with Crippen LogP contribution in [0.2, 0.25) is 0 Å². The third-order valence-corrected chi connectivity index (χ3v) is 4.92. The third-order valence-electron chi connectivity index (χ3n) is 4.03. The number of carbonyl (C=O) groups excluding carboxylic acids is 1. The minimum absolute atomic E-state index is 0.0853. The van der Waals surface area contributed by atoms with Crippen molar-refractivity contribution < 1.29 is 9.53 Å². The minimum atomic E-state index is -0.325. The molecule has 0 bridgehead atoms. The zero-order valence-electron chi connectivity index (χ0n) is 13.1. The fourth-order valence-corrected chi connectivity index (χ4v) is 3.42. The van der Waals surface area contributed by atoms with Gasteiger partial charge in [0, 0.05) is 17.0 Å². The van der Waals surface area contributed by atoms with E-state index in [1.807, 2.05) is 6.92 Å². The normalized spacial score (nSPS) is 17.7. The SMILES string of the molecule is Cc1ccc(-c2nc(NC(=O)C3CCCO3)sc2C)cc1C. The molecule has 22 heavy (non-hydrogen) atoms. The highest BCUT2D eigenvalue weighted by Gasteiger charge is 2.24. The van der Waals surface area contributed by atoms with Crippen LogP contribution in [-0.2, 0) is 9.53 Å². The van der Waals surface area contributed by atoms with Gasteiger partial charge in [-0.2, -0.15) is 0 Å². The predicted molar refractivity (Wildman–Crippen MR) is 89.4 cm³/mol. The molecule has 116 valence electrons. The van der Waals surface area contributed by atoms with Crippen LogP contribution in [0, 0.1) is 20.8 Å². The summed E-state index contributed by atoms with van der Waals surface area (Å²) in [5.41, 5.74) is 4.54. The number of aryl methyl sites for hydroxylation is 3. The molecule has 1 saturated heterocycles. The van der Waals surface area contributed by atoms with E-state index in [1.54, 1.807) is 0 Å². The van der Waals surface area contributed by atoms with Crippen LogP contribution >= 0.6 is 11.3 Å². The van der Waals surface area contributed by atoms with Gasteiger partial charge in [-0.25, -0.2) is 4.98 Å². The molecule has 1 aliphatic heterocycles. The van der Waals surface area contributed by atoms with Gasteiger partial charge in [0.15, 0.2) is 5.13 Å². The summed E-state index contributed by atoms with van der Waals surface area (Å²) in [6.07, 6.45) is 1.41. The van der Waals surface area contributed by atoms with Crippen molar-refractivity contribution in [2.24, 2.45) is 0 Å². The quantitative estimate of drug-likeness (QED) is 0.935. The van der Waals surface area contributed by atoms with Gasteiger partial charge in [0.2, 0.25) is 0 Å². The molecule has 3 rings (SSSR count). The zero-order chi connectivity index (χ0) is 15.7. The summed E-state index contributed by atoms with van der Waals surface area (Å²) in [6.45, 7) is 6.90. The topological polar surface area (TPSA) is 51.2 Å². The van der Waals surface area contributed by atoms with Crippen molar-refractivity contribution in [1.82, 2.24) is 4.98 Å². The lowest BCUT2D eigenvalue weighted by Gasteiger charge is -2.07. The average molecular weight is 316 g/mol. The van der Waals surface area contributed by atoms with Crippen molar-refractivity contribution in [3.8, 4) is 11.3 Å². The highest BCUT2D eigenvalue weighted by atomic mass is 32.1. The third kappa shape index (κ3) is 3.05. The Morgan fingerprint density at radius 2 is 2.14 bits per heavy atom. The van der Waals surface area contributed by atoms with E-state index in [9.17, 15) is 4.79 Å². The number of nitrogens with zero attached hydrogens (tertiary/aromatic N) is 1. The molecule has 2 aromatic rings. The molecular formula is C17H20N2O2S. The van der Waals surface area contributed by atoms with E-state index in [1.165, 1.54) is 22.5 Å². The number of thiazole rings is 1. The van der Waals surface area contributed by atoms with Crippen molar-refractivity contribution in [2.75, 3.05) is 11.9 Å². The summed E-state index contributed by atoms with van der Waals surface area (Å²) >= 11 is 1.51. The number of rotatable bonds is 3. The average Bonchev–Trinajstić information content (AvgIpc) is 3.12. The van der Waals surface area contributed by atoms with Crippen LogP contribution in [0.3, 0.4) is 0 Å². The van der Waals surface area contributed by atoms with Gasteiger partial charge in [0.1, 0.15) is 6.10 Å². The first-order valence-electron chi connectivity index (χ1n) is 7.52. The lowest BCUT2D eigenvalue weighted by atomic mass is 10.0. The molecule has 1 aliphatic rings. The van der Waals surface area contributed by atoms with Gasteiger partial charge in [-0.1, -0.05) is 12.1 Å². The number of nitrogens with one attached hydrogen (secondary N) is 1. The Labute approximate surface area is 134 Å². The fraction of sp³-hybridized carbons (Fsp3) is 0.412. The molecule has 0 aliphatic carbocycles. The molecule has 2 heterocycles. The molecule has 1 amide bonds. The second-order valence-corrected chi connectivity index (χ2v) is 6.92. The summed E-state index contributed by atoms with van der Waals surface area (Å²) < 4.78 is 5.40. The largest absolute Gasteiger partial charge is 0.368 e. The van der Waals surface area contributed by atoms with Crippen LogP contribution in [0.1, 0.15) is 28.8 Å². The monoisotopic (exact) mass is 316 g/mol. The molecule has 5 heteroatoms. The summed E-state index contributed by atoms with van der Waals surface area (Å²) in [4.78, 5) is 17.8. The second-order valence-electron chi connectivity index (χ2n) is 5.71. The first-order chi connectivity index (χ1) is 10.5. The Balaban J connectivity index is 1.81. The van der Waals surface area contributed by atoms with E-state index in [0.29, 0.717) is 11.7 Å². The van der Waals surface area contributed by atoms with E-state index in [4.69, 9.17) is 4.74 Å². The summed E-state index contributed by atoms with van der Waals surface area (Å²) in [7, 11) is 0. The molecule has 0 radical (unpaired) electrons. The van der Waals surface area contributed by atoms with Crippen LogP contribution in [0.15, 0.2) is 18.2 Å². The van der Waals surface area contributed by atoms with Crippen LogP contribution in [0.5, 0.6) is 0 Å². The maximum absolute atomic E-state index is 12.1. The summed E-state index contributed by atoms with van der Waals surface area (Å²) in [5, 5.41) is 3.53. The number of anilines is 1. The lowest BCUT2D eigenvalue weighted by Crippen LogP contribution is -2.26. The smallest absolute Gasteiger partial charge is 0.255 e. The van der Waals surface area contributed by atoms with Crippen molar-refractivity contribution >= 4 is 22.4 Å². The number of hydrogen-bond acceptors (Lipinski definition) is 4. The number of benzene rings is 1. The number of ether oxygens (including phenoxy) is 1. The van der Waals surface area contributed by atoms with E-state index in [2.05, 4.69) is 42.3 Å². The minimum Gasteiger partial charge on any atom is -0.368 e. The van der Waals surface area contributed by atoms with Gasteiger partial charge in [0.25, 0.3) is 5.91 Å². The fourth-order valence-electron chi connectivity index (χ4n) is 2.58. The lowest BCUT2D eigenvalue weighted by molar-refractivity contribution is -0.124. The Morgan fingerprint density at radius 1 is 1.32 bits per heavy atom. The number of amides is 1. The second kappa shape index (κ2) is 6.18. The molecule has 1 aromatic carbocycles. The van der Waals surface area contributed by atoms with Crippen LogP contribution < -0.4 is 5.32 Å². The molecule has 1 atom stereocenters. The van der Waals surface area contributed by atoms with E-state index < -0.39 is 0 Å². The van der Waals surface area contributed by atoms with Crippen LogP contribution in [-0.4, -0.2) is 23.6 Å². The van der Waals surface area contributed by atoms with Gasteiger partial charge in [0.05, 0.1) is 5.69 Å². The number of hydrogen-bond donors (Lipinski definition) is 1. The first kappa shape index (κ1) is 15.2. The molecular weight excluding hydrogens is 296 g/mol. The van der Waals surface area contributed by atoms with Crippen LogP contribution in [0.4, 0.5) is 5.13 Å². The highest BCUT2D eigenvalue weighted by molar-refractivity contribution is 7.16. The summed E-state index contributed by atoms with van der Waals surface area (Å²) in [6, 6.07) is 6.33. The molecule has 4 nitrogen and oxygen atoms in total. The van der Waals surface area contributed by atoms with Crippen LogP contribution in [0.25, 0.3) is 11.3 Å². The molecule has 1 N–H and O–H groups in total. The van der Waals surface area contributed by atoms with Crippen molar-refractivity contribution in [2.45, 2.75) is 39.7 Å². The Morgan fingerprint density at radius 3 is 2.82 bits per heavy atom. The number of aromatic nitrogens is 1. The standard InChI is InChI=1S/C17H20N2O2S/c1-10-6-7-13(9-11(10)2)15-12(3)22-17(18-15)19-16(20)14-5-4-8-21-14/h6-7,9,14H,4-5,8H2,1-3H3,(H,18,19,20). The molecule has 1 aromatic heterocycles. The maximum atomic E-state index is 12.1. The Bertz CT molecular complexity index is 703. The Kier molecular flexibility index (Phi) is 4.27. The molecule has 0 saturated carbocycles. The van der Waals surface area contributed by atoms with Gasteiger partial charge in [-0.3, -0.25) is 10.1 Å². The highest BCUT2D eigenvalue weighted by Crippen LogP contribution is 2.31. The molecule has 1 fully saturated rings. The zero-order valence-corrected chi connectivity index (χ0v) is 13.9. The summed E-state index contributed by atoms with van der Waals surface area (Å²) in [5.74, 6) is -0.0853. The van der Waals surface area contributed by atoms with Gasteiger partial charge >= 0.3 is 0 Å².